The summed E-state index contributed by atoms with van der Waals surface area (Å²) in [6.07, 6.45) is 3.82. The van der Waals surface area contributed by atoms with E-state index in [1.54, 1.807) is 11.3 Å². The van der Waals surface area contributed by atoms with Crippen molar-refractivity contribution in [1.29, 1.82) is 0 Å². The fourth-order valence-electron chi connectivity index (χ4n) is 2.66. The summed E-state index contributed by atoms with van der Waals surface area (Å²) in [5, 5.41) is 7.88. The van der Waals surface area contributed by atoms with Crippen molar-refractivity contribution < 1.29 is 0 Å². The second kappa shape index (κ2) is 11.5. The number of hydrogen-bond acceptors (Lipinski definition) is 3. The van der Waals surface area contributed by atoms with Crippen LogP contribution in [-0.4, -0.2) is 30.6 Å². The van der Waals surface area contributed by atoms with E-state index in [1.807, 2.05) is 6.20 Å². The molecule has 1 aromatic heterocycles. The van der Waals surface area contributed by atoms with Gasteiger partial charge in [-0.1, -0.05) is 29.3 Å². The third-order valence-electron chi connectivity index (χ3n) is 3.60. The first-order chi connectivity index (χ1) is 11.6. The lowest BCUT2D eigenvalue weighted by Gasteiger charge is -2.11. The molecule has 2 N–H and O–H groups in total. The van der Waals surface area contributed by atoms with E-state index in [4.69, 9.17) is 0 Å². The van der Waals surface area contributed by atoms with E-state index in [0.717, 1.165) is 43.4 Å². The number of halogens is 1. The number of nitrogens with one attached hydrogen (secondary N) is 2. The Morgan fingerprint density at radius 2 is 1.80 bits per heavy atom. The van der Waals surface area contributed by atoms with Crippen LogP contribution in [0.15, 0.2) is 29.4 Å². The van der Waals surface area contributed by atoms with Crippen molar-refractivity contribution in [1.82, 2.24) is 15.6 Å². The molecule has 0 aliphatic carbocycles. The number of hydrogen-bond donors (Lipinski definition) is 2. The summed E-state index contributed by atoms with van der Waals surface area (Å²) in [5.41, 5.74) is 4.02. The van der Waals surface area contributed by atoms with Crippen LogP contribution in [0.5, 0.6) is 0 Å². The Morgan fingerprint density at radius 3 is 2.40 bits per heavy atom. The van der Waals surface area contributed by atoms with Gasteiger partial charge in [-0.2, -0.15) is 0 Å². The van der Waals surface area contributed by atoms with Crippen LogP contribution < -0.4 is 10.6 Å². The van der Waals surface area contributed by atoms with E-state index < -0.39 is 0 Å². The van der Waals surface area contributed by atoms with Gasteiger partial charge in [0.25, 0.3) is 0 Å². The summed E-state index contributed by atoms with van der Waals surface area (Å²) in [5.74, 6) is 0.884. The van der Waals surface area contributed by atoms with E-state index in [0.29, 0.717) is 0 Å². The Morgan fingerprint density at radius 1 is 1.08 bits per heavy atom. The standard InChI is InChI=1S/C19H28N4S.HI/c1-5-20-19(22-9-7-18-23-13-16(4)24-18)21-8-6-17-11-14(2)10-15(3)12-17;/h10-13H,5-9H2,1-4H3,(H2,20,21,22);1H. The Labute approximate surface area is 172 Å². The van der Waals surface area contributed by atoms with Crippen LogP contribution in [-0.2, 0) is 12.8 Å². The van der Waals surface area contributed by atoms with E-state index in [2.05, 4.69) is 66.5 Å². The molecule has 0 saturated carbocycles. The smallest absolute Gasteiger partial charge is 0.191 e. The van der Waals surface area contributed by atoms with Crippen molar-refractivity contribution >= 4 is 41.3 Å². The first kappa shape index (κ1) is 21.9. The first-order valence-electron chi connectivity index (χ1n) is 8.57. The van der Waals surface area contributed by atoms with Gasteiger partial charge in [-0.25, -0.2) is 4.98 Å². The van der Waals surface area contributed by atoms with Gasteiger partial charge in [0.15, 0.2) is 5.96 Å². The van der Waals surface area contributed by atoms with E-state index in [1.165, 1.54) is 21.6 Å². The number of aliphatic imine (C=N–C) groups is 1. The van der Waals surface area contributed by atoms with Crippen molar-refractivity contribution in [3.8, 4) is 0 Å². The molecule has 0 fully saturated rings. The number of rotatable bonds is 7. The molecule has 1 heterocycles. The summed E-state index contributed by atoms with van der Waals surface area (Å²) in [7, 11) is 0. The van der Waals surface area contributed by atoms with Gasteiger partial charge in [-0.05, 0) is 39.7 Å². The topological polar surface area (TPSA) is 49.3 Å². The monoisotopic (exact) mass is 472 g/mol. The molecule has 0 spiro atoms. The summed E-state index contributed by atoms with van der Waals surface area (Å²) < 4.78 is 0. The predicted molar refractivity (Wildman–Crippen MR) is 120 cm³/mol. The molecule has 0 radical (unpaired) electrons. The van der Waals surface area contributed by atoms with Gasteiger partial charge in [0.1, 0.15) is 0 Å². The zero-order valence-electron chi connectivity index (χ0n) is 15.6. The number of thiazole rings is 1. The van der Waals surface area contributed by atoms with Gasteiger partial charge in [0, 0.05) is 37.1 Å². The number of aromatic nitrogens is 1. The van der Waals surface area contributed by atoms with Crippen LogP contribution >= 0.6 is 35.3 Å². The largest absolute Gasteiger partial charge is 0.357 e. The number of guanidine groups is 1. The maximum Gasteiger partial charge on any atom is 0.191 e. The third kappa shape index (κ3) is 8.18. The lowest BCUT2D eigenvalue weighted by Crippen LogP contribution is -2.38. The van der Waals surface area contributed by atoms with Crippen LogP contribution in [0.4, 0.5) is 0 Å². The molecular formula is C19H29IN4S. The highest BCUT2D eigenvalue weighted by Crippen LogP contribution is 2.11. The Kier molecular flexibility index (Phi) is 10.0. The summed E-state index contributed by atoms with van der Waals surface area (Å²) >= 11 is 1.75. The van der Waals surface area contributed by atoms with Crippen molar-refractivity contribution in [3.63, 3.8) is 0 Å². The van der Waals surface area contributed by atoms with Gasteiger partial charge in [0.2, 0.25) is 0 Å². The van der Waals surface area contributed by atoms with Crippen molar-refractivity contribution in [2.24, 2.45) is 4.99 Å². The molecule has 0 unspecified atom stereocenters. The molecule has 6 heteroatoms. The third-order valence-corrected chi connectivity index (χ3v) is 4.57. The van der Waals surface area contributed by atoms with Gasteiger partial charge in [-0.3, -0.25) is 4.99 Å². The highest BCUT2D eigenvalue weighted by Gasteiger charge is 2.01. The zero-order chi connectivity index (χ0) is 17.4. The minimum absolute atomic E-state index is 0. The Balaban J connectivity index is 0.00000312. The van der Waals surface area contributed by atoms with Gasteiger partial charge in [0.05, 0.1) is 5.01 Å². The maximum absolute atomic E-state index is 4.65. The minimum Gasteiger partial charge on any atom is -0.357 e. The van der Waals surface area contributed by atoms with E-state index >= 15 is 0 Å². The molecule has 0 aliphatic rings. The number of nitrogens with zero attached hydrogens (tertiary/aromatic N) is 2. The molecule has 0 atom stereocenters. The quantitative estimate of drug-likeness (QED) is 0.364. The van der Waals surface area contributed by atoms with Gasteiger partial charge >= 0.3 is 0 Å². The van der Waals surface area contributed by atoms with Gasteiger partial charge in [-0.15, -0.1) is 35.3 Å². The molecule has 0 amide bonds. The van der Waals surface area contributed by atoms with Crippen LogP contribution in [0.25, 0.3) is 0 Å². The summed E-state index contributed by atoms with van der Waals surface area (Å²) in [4.78, 5) is 10.3. The molecule has 0 saturated heterocycles. The molecule has 0 bridgehead atoms. The van der Waals surface area contributed by atoms with Crippen molar-refractivity contribution in [3.05, 3.63) is 51.0 Å². The highest BCUT2D eigenvalue weighted by molar-refractivity contribution is 14.0. The van der Waals surface area contributed by atoms with Crippen LogP contribution in [0.3, 0.4) is 0 Å². The average molecular weight is 472 g/mol. The summed E-state index contributed by atoms with van der Waals surface area (Å²) in [6, 6.07) is 6.72. The second-order valence-electron chi connectivity index (χ2n) is 6.05. The Bertz CT molecular complexity index is 662. The van der Waals surface area contributed by atoms with Crippen LogP contribution in [0.2, 0.25) is 0 Å². The predicted octanol–water partition coefficient (Wildman–Crippen LogP) is 4.03. The molecular weight excluding hydrogens is 443 g/mol. The number of aryl methyl sites for hydroxylation is 3. The average Bonchev–Trinajstić information content (AvgIpc) is 2.92. The van der Waals surface area contributed by atoms with Crippen LogP contribution in [0.1, 0.15) is 33.5 Å². The minimum atomic E-state index is 0. The Hall–Kier alpha value is -1.15. The number of benzene rings is 1. The second-order valence-corrected chi connectivity index (χ2v) is 7.37. The van der Waals surface area contributed by atoms with Gasteiger partial charge < -0.3 is 10.6 Å². The molecule has 2 rings (SSSR count). The fourth-order valence-corrected chi connectivity index (χ4v) is 3.44. The fraction of sp³-hybridized carbons (Fsp3) is 0.474. The van der Waals surface area contributed by atoms with E-state index in [9.17, 15) is 0 Å². The molecule has 25 heavy (non-hydrogen) atoms. The normalized spacial score (nSPS) is 11.1. The summed E-state index contributed by atoms with van der Waals surface area (Å²) in [6.45, 7) is 11.0. The maximum atomic E-state index is 4.65. The molecule has 0 aliphatic heterocycles. The SMILES string of the molecule is CCNC(=NCCc1ncc(C)s1)NCCc1cc(C)cc(C)c1.I. The lowest BCUT2D eigenvalue weighted by atomic mass is 10.1. The highest BCUT2D eigenvalue weighted by atomic mass is 127. The van der Waals surface area contributed by atoms with Crippen molar-refractivity contribution in [2.75, 3.05) is 19.6 Å². The van der Waals surface area contributed by atoms with E-state index in [-0.39, 0.29) is 24.0 Å². The van der Waals surface area contributed by atoms with Crippen molar-refractivity contribution in [2.45, 2.75) is 40.5 Å². The van der Waals surface area contributed by atoms with Crippen LogP contribution in [0, 0.1) is 20.8 Å². The molecule has 2 aromatic rings. The molecule has 138 valence electrons. The zero-order valence-corrected chi connectivity index (χ0v) is 18.7. The lowest BCUT2D eigenvalue weighted by molar-refractivity contribution is 0.795. The first-order valence-corrected chi connectivity index (χ1v) is 9.39. The molecule has 4 nitrogen and oxygen atoms in total. The molecule has 1 aromatic carbocycles.